The van der Waals surface area contributed by atoms with Crippen LogP contribution in [0.1, 0.15) is 10.5 Å². The first-order chi connectivity index (χ1) is 8.74. The maximum absolute atomic E-state index is 12.0. The van der Waals surface area contributed by atoms with Gasteiger partial charge in [-0.15, -0.1) is 0 Å². The second-order valence-corrected chi connectivity index (χ2v) is 5.07. The summed E-state index contributed by atoms with van der Waals surface area (Å²) in [6.45, 7) is 1.17. The minimum Gasteiger partial charge on any atom is -0.377 e. The summed E-state index contributed by atoms with van der Waals surface area (Å²) >= 11 is 3.44. The zero-order valence-electron chi connectivity index (χ0n) is 9.52. The van der Waals surface area contributed by atoms with Gasteiger partial charge in [0.2, 0.25) is 0 Å². The van der Waals surface area contributed by atoms with Gasteiger partial charge in [0.05, 0.1) is 24.8 Å². The first kappa shape index (κ1) is 11.6. The average molecular weight is 307 g/mol. The van der Waals surface area contributed by atoms with Gasteiger partial charge in [-0.05, 0) is 28.1 Å². The van der Waals surface area contributed by atoms with Gasteiger partial charge in [0.1, 0.15) is 5.69 Å². The Morgan fingerprint density at radius 1 is 1.33 bits per heavy atom. The van der Waals surface area contributed by atoms with Crippen LogP contribution in [0.25, 0.3) is 10.9 Å². The molecule has 92 valence electrons. The number of halogens is 1. The van der Waals surface area contributed by atoms with Crippen molar-refractivity contribution in [1.82, 2.24) is 10.3 Å². The Morgan fingerprint density at radius 2 is 2.17 bits per heavy atom. The Morgan fingerprint density at radius 3 is 2.89 bits per heavy atom. The highest BCUT2D eigenvalue weighted by molar-refractivity contribution is 9.10. The number of hydrogen-bond donors (Lipinski definition) is 1. The Balaban J connectivity index is 1.92. The Kier molecular flexibility index (Phi) is 3.01. The van der Waals surface area contributed by atoms with E-state index in [9.17, 15) is 4.79 Å². The van der Waals surface area contributed by atoms with Crippen LogP contribution in [0.15, 0.2) is 34.8 Å². The maximum atomic E-state index is 12.0. The zero-order valence-corrected chi connectivity index (χ0v) is 11.1. The van der Waals surface area contributed by atoms with Gasteiger partial charge in [0.15, 0.2) is 0 Å². The number of rotatable bonds is 2. The summed E-state index contributed by atoms with van der Waals surface area (Å²) in [5.74, 6) is -0.152. The number of amides is 1. The molecule has 1 saturated heterocycles. The summed E-state index contributed by atoms with van der Waals surface area (Å²) in [5, 5.41) is 3.88. The summed E-state index contributed by atoms with van der Waals surface area (Å²) in [6.07, 6.45) is 0. The van der Waals surface area contributed by atoms with E-state index in [-0.39, 0.29) is 11.9 Å². The van der Waals surface area contributed by atoms with Crippen LogP contribution in [0.5, 0.6) is 0 Å². The number of pyridine rings is 1. The SMILES string of the molecule is O=C(NC1COC1)c1ccc2cccc(Br)c2n1. The molecule has 1 aliphatic heterocycles. The van der Waals surface area contributed by atoms with Gasteiger partial charge in [-0.1, -0.05) is 18.2 Å². The fourth-order valence-corrected chi connectivity index (χ4v) is 2.29. The monoisotopic (exact) mass is 306 g/mol. The molecule has 0 aliphatic carbocycles. The fourth-order valence-electron chi connectivity index (χ4n) is 1.82. The minimum absolute atomic E-state index is 0.120. The third-order valence-electron chi connectivity index (χ3n) is 2.88. The number of nitrogens with zero attached hydrogens (tertiary/aromatic N) is 1. The summed E-state index contributed by atoms with van der Waals surface area (Å²) in [7, 11) is 0. The molecule has 1 N–H and O–H groups in total. The molecule has 1 amide bonds. The van der Waals surface area contributed by atoms with Crippen molar-refractivity contribution in [2.45, 2.75) is 6.04 Å². The van der Waals surface area contributed by atoms with Crippen LogP contribution < -0.4 is 5.32 Å². The lowest BCUT2D eigenvalue weighted by Crippen LogP contribution is -2.48. The second-order valence-electron chi connectivity index (χ2n) is 4.22. The number of carbonyl (C=O) groups is 1. The summed E-state index contributed by atoms with van der Waals surface area (Å²) in [5.41, 5.74) is 1.23. The summed E-state index contributed by atoms with van der Waals surface area (Å²) in [6, 6.07) is 9.59. The lowest BCUT2D eigenvalue weighted by atomic mass is 10.2. The third-order valence-corrected chi connectivity index (χ3v) is 3.52. The molecular formula is C13H11BrN2O2. The second kappa shape index (κ2) is 4.66. The molecule has 4 nitrogen and oxygen atoms in total. The van der Waals surface area contributed by atoms with Crippen molar-refractivity contribution in [2.75, 3.05) is 13.2 Å². The molecule has 1 fully saturated rings. The highest BCUT2D eigenvalue weighted by atomic mass is 79.9. The summed E-state index contributed by atoms with van der Waals surface area (Å²) in [4.78, 5) is 16.3. The molecule has 0 saturated carbocycles. The molecule has 2 heterocycles. The van der Waals surface area contributed by atoms with E-state index >= 15 is 0 Å². The molecule has 1 aliphatic rings. The van der Waals surface area contributed by atoms with E-state index in [0.717, 1.165) is 15.4 Å². The topological polar surface area (TPSA) is 51.2 Å². The standard InChI is InChI=1S/C13H11BrN2O2/c14-10-3-1-2-8-4-5-11(16-12(8)10)13(17)15-9-6-18-7-9/h1-5,9H,6-7H2,(H,15,17). The molecule has 0 spiro atoms. The number of hydrogen-bond acceptors (Lipinski definition) is 3. The van der Waals surface area contributed by atoms with Crippen LogP contribution in [-0.2, 0) is 4.74 Å². The zero-order chi connectivity index (χ0) is 12.5. The van der Waals surface area contributed by atoms with Gasteiger partial charge >= 0.3 is 0 Å². The third kappa shape index (κ3) is 2.11. The largest absolute Gasteiger partial charge is 0.377 e. The fraction of sp³-hybridized carbons (Fsp3) is 0.231. The van der Waals surface area contributed by atoms with Gasteiger partial charge in [-0.25, -0.2) is 4.98 Å². The average Bonchev–Trinajstić information content (AvgIpc) is 2.34. The lowest BCUT2D eigenvalue weighted by Gasteiger charge is -2.26. The van der Waals surface area contributed by atoms with Crippen LogP contribution in [-0.4, -0.2) is 30.1 Å². The van der Waals surface area contributed by atoms with Gasteiger partial charge in [0, 0.05) is 9.86 Å². The molecule has 1 aromatic heterocycles. The molecule has 0 radical (unpaired) electrons. The smallest absolute Gasteiger partial charge is 0.270 e. The number of benzene rings is 1. The van der Waals surface area contributed by atoms with E-state index in [4.69, 9.17) is 4.74 Å². The van der Waals surface area contributed by atoms with E-state index in [2.05, 4.69) is 26.2 Å². The van der Waals surface area contributed by atoms with Crippen molar-refractivity contribution in [3.63, 3.8) is 0 Å². The van der Waals surface area contributed by atoms with E-state index in [1.807, 2.05) is 24.3 Å². The van der Waals surface area contributed by atoms with Crippen molar-refractivity contribution in [2.24, 2.45) is 0 Å². The molecule has 2 aromatic rings. The first-order valence-corrected chi connectivity index (χ1v) is 6.47. The molecule has 3 rings (SSSR count). The van der Waals surface area contributed by atoms with Crippen LogP contribution in [0, 0.1) is 0 Å². The number of aromatic nitrogens is 1. The quantitative estimate of drug-likeness (QED) is 0.924. The van der Waals surface area contributed by atoms with Crippen molar-refractivity contribution in [3.8, 4) is 0 Å². The number of fused-ring (bicyclic) bond motifs is 1. The Bertz CT molecular complexity index is 611. The molecule has 0 unspecified atom stereocenters. The Labute approximate surface area is 112 Å². The molecule has 0 atom stereocenters. The minimum atomic E-state index is -0.152. The lowest BCUT2D eigenvalue weighted by molar-refractivity contribution is -0.00354. The van der Waals surface area contributed by atoms with E-state index < -0.39 is 0 Å². The number of nitrogens with one attached hydrogen (secondary N) is 1. The molecule has 5 heteroatoms. The van der Waals surface area contributed by atoms with Crippen molar-refractivity contribution >= 4 is 32.7 Å². The molecular weight excluding hydrogens is 296 g/mol. The van der Waals surface area contributed by atoms with E-state index in [1.54, 1.807) is 6.07 Å². The Hall–Kier alpha value is -1.46. The van der Waals surface area contributed by atoms with E-state index in [1.165, 1.54) is 0 Å². The van der Waals surface area contributed by atoms with Crippen LogP contribution >= 0.6 is 15.9 Å². The van der Waals surface area contributed by atoms with Crippen LogP contribution in [0.3, 0.4) is 0 Å². The predicted octanol–water partition coefficient (Wildman–Crippen LogP) is 2.13. The maximum Gasteiger partial charge on any atom is 0.270 e. The van der Waals surface area contributed by atoms with E-state index in [0.29, 0.717) is 18.9 Å². The van der Waals surface area contributed by atoms with Gasteiger partial charge in [0.25, 0.3) is 5.91 Å². The number of ether oxygens (including phenoxy) is 1. The van der Waals surface area contributed by atoms with Gasteiger partial charge in [-0.2, -0.15) is 0 Å². The molecule has 1 aromatic carbocycles. The van der Waals surface area contributed by atoms with Crippen molar-refractivity contribution < 1.29 is 9.53 Å². The first-order valence-electron chi connectivity index (χ1n) is 5.68. The highest BCUT2D eigenvalue weighted by Gasteiger charge is 2.21. The number of para-hydroxylation sites is 1. The van der Waals surface area contributed by atoms with Crippen LogP contribution in [0.4, 0.5) is 0 Å². The number of carbonyl (C=O) groups excluding carboxylic acids is 1. The summed E-state index contributed by atoms with van der Waals surface area (Å²) < 4.78 is 5.91. The highest BCUT2D eigenvalue weighted by Crippen LogP contribution is 2.22. The normalized spacial score (nSPS) is 15.4. The molecule has 18 heavy (non-hydrogen) atoms. The van der Waals surface area contributed by atoms with Crippen molar-refractivity contribution in [1.29, 1.82) is 0 Å². The van der Waals surface area contributed by atoms with Crippen molar-refractivity contribution in [3.05, 3.63) is 40.5 Å². The van der Waals surface area contributed by atoms with Gasteiger partial charge in [-0.3, -0.25) is 4.79 Å². The molecule has 0 bridgehead atoms. The van der Waals surface area contributed by atoms with Gasteiger partial charge < -0.3 is 10.1 Å². The predicted molar refractivity (Wildman–Crippen MR) is 71.5 cm³/mol. The van der Waals surface area contributed by atoms with Crippen LogP contribution in [0.2, 0.25) is 0 Å².